The molecule has 3 nitrogen and oxygen atoms in total. The average Bonchev–Trinajstić information content (AvgIpc) is 3.75. The van der Waals surface area contributed by atoms with Crippen molar-refractivity contribution in [3.63, 3.8) is 0 Å². The van der Waals surface area contributed by atoms with Crippen molar-refractivity contribution in [1.82, 2.24) is 0 Å². The van der Waals surface area contributed by atoms with E-state index in [1.54, 1.807) is 5.56 Å². The van der Waals surface area contributed by atoms with Crippen molar-refractivity contribution < 1.29 is 0 Å². The van der Waals surface area contributed by atoms with Gasteiger partial charge in [-0.25, -0.2) is 0 Å². The van der Waals surface area contributed by atoms with Crippen LogP contribution in [0.5, 0.6) is 0 Å². The van der Waals surface area contributed by atoms with Gasteiger partial charge in [0.05, 0.1) is 11.1 Å². The number of fused-ring (bicyclic) bond motifs is 13. The molecule has 4 heteroatoms. The molecule has 4 atom stereocenters. The Hall–Kier alpha value is -5.22. The highest BCUT2D eigenvalue weighted by Gasteiger charge is 2.62. The van der Waals surface area contributed by atoms with Crippen LogP contribution in [0.2, 0.25) is 0 Å². The van der Waals surface area contributed by atoms with Gasteiger partial charge in [-0.3, -0.25) is 0 Å². The van der Waals surface area contributed by atoms with Crippen LogP contribution >= 0.6 is 0 Å². The molecule has 0 radical (unpaired) electrons. The van der Waals surface area contributed by atoms with Gasteiger partial charge in [0.25, 0.3) is 6.71 Å². The van der Waals surface area contributed by atoms with Crippen LogP contribution in [-0.2, 0) is 27.1 Å². The molecule has 0 spiro atoms. The van der Waals surface area contributed by atoms with Crippen molar-refractivity contribution in [2.45, 2.75) is 180 Å². The summed E-state index contributed by atoms with van der Waals surface area (Å²) in [6.45, 7) is 32.1. The number of nitrogens with zero attached hydrogens (tertiary/aromatic N) is 3. The van der Waals surface area contributed by atoms with Crippen LogP contribution in [0.1, 0.15) is 173 Å². The maximum absolute atomic E-state index is 2.91. The van der Waals surface area contributed by atoms with Crippen molar-refractivity contribution in [1.29, 1.82) is 0 Å². The van der Waals surface area contributed by atoms with Crippen molar-refractivity contribution in [3.05, 3.63) is 142 Å². The first-order chi connectivity index (χ1) is 32.1. The molecule has 68 heavy (non-hydrogen) atoms. The zero-order valence-electron chi connectivity index (χ0n) is 43.4. The minimum Gasteiger partial charge on any atom is -0.335 e. The molecular weight excluding hydrogens is 822 g/mol. The Morgan fingerprint density at radius 3 is 1.81 bits per heavy atom. The summed E-state index contributed by atoms with van der Waals surface area (Å²) >= 11 is 0. The molecule has 0 amide bonds. The number of hydrogen-bond donors (Lipinski definition) is 0. The Labute approximate surface area is 408 Å². The first kappa shape index (κ1) is 42.9. The van der Waals surface area contributed by atoms with E-state index < -0.39 is 0 Å². The molecule has 4 aliphatic heterocycles. The van der Waals surface area contributed by atoms with E-state index in [1.807, 2.05) is 0 Å². The maximum atomic E-state index is 2.91. The van der Waals surface area contributed by atoms with Crippen molar-refractivity contribution in [2.24, 2.45) is 0 Å². The van der Waals surface area contributed by atoms with Gasteiger partial charge in [-0.1, -0.05) is 156 Å². The molecular formula is C64H72BN3. The highest BCUT2D eigenvalue weighted by atomic mass is 15.3. The van der Waals surface area contributed by atoms with Gasteiger partial charge >= 0.3 is 0 Å². The molecule has 2 saturated carbocycles. The van der Waals surface area contributed by atoms with E-state index in [1.165, 1.54) is 152 Å². The molecule has 0 N–H and O–H groups in total. The molecule has 4 unspecified atom stereocenters. The number of hydrogen-bond acceptors (Lipinski definition) is 3. The summed E-state index contributed by atoms with van der Waals surface area (Å²) in [5.74, 6) is 0. The van der Waals surface area contributed by atoms with Gasteiger partial charge < -0.3 is 14.7 Å². The highest BCUT2D eigenvalue weighted by molar-refractivity contribution is 7.00. The van der Waals surface area contributed by atoms with Gasteiger partial charge in [0, 0.05) is 56.1 Å². The lowest BCUT2D eigenvalue weighted by Gasteiger charge is -2.53. The molecule has 6 aromatic carbocycles. The summed E-state index contributed by atoms with van der Waals surface area (Å²) in [5, 5.41) is 0. The first-order valence-corrected chi connectivity index (χ1v) is 26.4. The van der Waals surface area contributed by atoms with E-state index in [0.717, 1.165) is 0 Å². The summed E-state index contributed by atoms with van der Waals surface area (Å²) in [6.07, 6.45) is 9.92. The smallest absolute Gasteiger partial charge is 0.252 e. The fourth-order valence-electron chi connectivity index (χ4n) is 15.8. The highest BCUT2D eigenvalue weighted by Crippen LogP contribution is 2.64. The summed E-state index contributed by atoms with van der Waals surface area (Å²) < 4.78 is 0. The SMILES string of the molecule is Cc1cc2c3c(c1)N1c4c(cc(C(C)(C)C)cc4C4(C)CCCCC14C)B3c1ccc(N3c4ccc(C(C)(C)C)cc4C4(C)CCCCC34C)cc1N2c1ccc2c(c1)-c1ccccc1C2(C)C. The molecule has 4 heterocycles. The number of aryl methyl sites for hydroxylation is 1. The largest absolute Gasteiger partial charge is 0.335 e. The lowest BCUT2D eigenvalue weighted by Crippen LogP contribution is -2.64. The Balaban J connectivity index is 1.11. The topological polar surface area (TPSA) is 9.72 Å². The molecule has 2 fully saturated rings. The van der Waals surface area contributed by atoms with Crippen LogP contribution in [0, 0.1) is 6.92 Å². The van der Waals surface area contributed by atoms with Gasteiger partial charge in [0.15, 0.2) is 0 Å². The van der Waals surface area contributed by atoms with E-state index in [9.17, 15) is 0 Å². The zero-order valence-corrected chi connectivity index (χ0v) is 43.4. The molecule has 3 aliphatic carbocycles. The van der Waals surface area contributed by atoms with Crippen molar-refractivity contribution in [3.8, 4) is 11.1 Å². The summed E-state index contributed by atoms with van der Waals surface area (Å²) in [4.78, 5) is 8.44. The molecule has 0 bridgehead atoms. The predicted octanol–water partition coefficient (Wildman–Crippen LogP) is 15.0. The third-order valence-electron chi connectivity index (χ3n) is 20.1. The van der Waals surface area contributed by atoms with Crippen LogP contribution < -0.4 is 31.1 Å². The molecule has 7 aliphatic rings. The van der Waals surface area contributed by atoms with Gasteiger partial charge in [-0.05, 0) is 166 Å². The van der Waals surface area contributed by atoms with Gasteiger partial charge in [-0.15, -0.1) is 0 Å². The Morgan fingerprint density at radius 1 is 0.471 bits per heavy atom. The third kappa shape index (κ3) is 5.18. The number of anilines is 7. The lowest BCUT2D eigenvalue weighted by molar-refractivity contribution is 0.195. The normalized spacial score (nSPS) is 26.7. The number of rotatable bonds is 2. The third-order valence-corrected chi connectivity index (χ3v) is 20.1. The maximum Gasteiger partial charge on any atom is 0.252 e. The van der Waals surface area contributed by atoms with E-state index in [4.69, 9.17) is 0 Å². The fraction of sp³-hybridized carbons (Fsp3) is 0.438. The minimum absolute atomic E-state index is 0.0106. The first-order valence-electron chi connectivity index (χ1n) is 26.4. The minimum atomic E-state index is -0.0624. The predicted molar refractivity (Wildman–Crippen MR) is 291 cm³/mol. The second kappa shape index (κ2) is 13.3. The zero-order chi connectivity index (χ0) is 47.5. The molecule has 13 rings (SSSR count). The molecule has 346 valence electrons. The Kier molecular flexibility index (Phi) is 8.41. The molecule has 6 aromatic rings. The Morgan fingerprint density at radius 2 is 1.09 bits per heavy atom. The van der Waals surface area contributed by atoms with Crippen LogP contribution in [0.4, 0.5) is 39.8 Å². The van der Waals surface area contributed by atoms with E-state index in [-0.39, 0.29) is 44.9 Å². The van der Waals surface area contributed by atoms with Gasteiger partial charge in [-0.2, -0.15) is 0 Å². The lowest BCUT2D eigenvalue weighted by atomic mass is 9.33. The quantitative estimate of drug-likeness (QED) is 0.160. The summed E-state index contributed by atoms with van der Waals surface area (Å²) in [6, 6.07) is 42.3. The second-order valence-electron chi connectivity index (χ2n) is 26.1. The second-order valence-corrected chi connectivity index (χ2v) is 26.1. The van der Waals surface area contributed by atoms with Crippen molar-refractivity contribution in [2.75, 3.05) is 14.7 Å². The van der Waals surface area contributed by atoms with Crippen molar-refractivity contribution >= 4 is 62.9 Å². The van der Waals surface area contributed by atoms with Crippen LogP contribution in [-0.4, -0.2) is 17.8 Å². The van der Waals surface area contributed by atoms with Crippen LogP contribution in [0.25, 0.3) is 11.1 Å². The fourth-order valence-corrected chi connectivity index (χ4v) is 15.8. The summed E-state index contributed by atoms with van der Waals surface area (Å²) in [7, 11) is 0. The molecule has 0 saturated heterocycles. The van der Waals surface area contributed by atoms with Crippen LogP contribution in [0.15, 0.2) is 103 Å². The summed E-state index contributed by atoms with van der Waals surface area (Å²) in [5.41, 5.74) is 26.9. The monoisotopic (exact) mass is 894 g/mol. The Bertz CT molecular complexity index is 3200. The van der Waals surface area contributed by atoms with Crippen LogP contribution in [0.3, 0.4) is 0 Å². The van der Waals surface area contributed by atoms with E-state index in [2.05, 4.69) is 208 Å². The van der Waals surface area contributed by atoms with E-state index >= 15 is 0 Å². The average molecular weight is 894 g/mol. The standard InChI is InChI=1S/C64H72BN3/c1-39-32-54-56-55(33-39)68-57-49(62(11)29-17-19-31-64(62,68)13)35-41(59(5,6)7)36-51(57)65(56)50-26-24-43(67-52-27-22-40(58(2,3)4)34-48(52)61(10)28-16-18-30-63(61,67)12)38-53(50)66(54)42-23-25-47-45(37-42)44-20-14-15-21-46(44)60(47,8)9/h14-15,20-27,32-38H,16-19,28-31H2,1-13H3. The van der Waals surface area contributed by atoms with Gasteiger partial charge in [0.1, 0.15) is 0 Å². The number of benzene rings is 6. The molecule has 0 aromatic heterocycles. The van der Waals surface area contributed by atoms with Gasteiger partial charge in [0.2, 0.25) is 0 Å². The van der Waals surface area contributed by atoms with E-state index in [0.29, 0.717) is 0 Å².